The number of rotatable bonds is 12. The fourth-order valence-electron chi connectivity index (χ4n) is 4.85. The zero-order valence-electron chi connectivity index (χ0n) is 22.1. The number of likely N-dealkylation sites (tertiary alicyclic amines) is 1. The van der Waals surface area contributed by atoms with Gasteiger partial charge < -0.3 is 26.0 Å². The van der Waals surface area contributed by atoms with Crippen LogP contribution in [0, 0.1) is 5.92 Å². The molecule has 3 atom stereocenters. The molecule has 8 nitrogen and oxygen atoms in total. The van der Waals surface area contributed by atoms with Crippen molar-refractivity contribution >= 4 is 40.9 Å². The number of halogens is 1. The summed E-state index contributed by atoms with van der Waals surface area (Å²) >= 11 is 0. The topological polar surface area (TPSA) is 114 Å². The third-order valence-corrected chi connectivity index (χ3v) is 7.16. The summed E-state index contributed by atoms with van der Waals surface area (Å²) in [4.78, 5) is 41.4. The van der Waals surface area contributed by atoms with Crippen LogP contribution in [0.3, 0.4) is 0 Å². The van der Waals surface area contributed by atoms with Crippen LogP contribution in [0.4, 0.5) is 0 Å². The first-order valence-electron chi connectivity index (χ1n) is 13.0. The molecule has 1 unspecified atom stereocenters. The Morgan fingerprint density at radius 3 is 2.46 bits per heavy atom. The van der Waals surface area contributed by atoms with Crippen molar-refractivity contribution in [3.63, 3.8) is 0 Å². The summed E-state index contributed by atoms with van der Waals surface area (Å²) in [5.41, 5.74) is 6.63. The van der Waals surface area contributed by atoms with Crippen LogP contribution in [0.2, 0.25) is 0 Å². The number of hydrogen-bond acceptors (Lipinski definition) is 5. The molecule has 0 bridgehead atoms. The van der Waals surface area contributed by atoms with Crippen molar-refractivity contribution in [1.82, 2.24) is 15.5 Å². The van der Waals surface area contributed by atoms with Crippen LogP contribution in [0.15, 0.2) is 42.5 Å². The molecule has 1 fully saturated rings. The quantitative estimate of drug-likeness (QED) is 0.389. The second kappa shape index (κ2) is 14.9. The molecular weight excluding hydrogens is 492 g/mol. The van der Waals surface area contributed by atoms with E-state index in [1.54, 1.807) is 12.0 Å². The highest BCUT2D eigenvalue weighted by Crippen LogP contribution is 2.23. The predicted octanol–water partition coefficient (Wildman–Crippen LogP) is 2.81. The van der Waals surface area contributed by atoms with E-state index in [0.29, 0.717) is 19.4 Å². The summed E-state index contributed by atoms with van der Waals surface area (Å²) in [6.07, 6.45) is 2.88. The van der Waals surface area contributed by atoms with Crippen LogP contribution in [0.1, 0.15) is 45.1 Å². The first-order chi connectivity index (χ1) is 17.4. The SMILES string of the molecule is CCC(CC)C(=O)N1CCC[C@H]1C(=O)N[C@H](Cc1ccc2ccccc2c1)C(=O)NCC(CN)OC.Cl. The van der Waals surface area contributed by atoms with Gasteiger partial charge in [0.25, 0.3) is 0 Å². The van der Waals surface area contributed by atoms with E-state index < -0.39 is 12.1 Å². The second-order valence-corrected chi connectivity index (χ2v) is 9.49. The van der Waals surface area contributed by atoms with Gasteiger partial charge in [0, 0.05) is 39.1 Å². The Balaban J connectivity index is 0.00000481. The highest BCUT2D eigenvalue weighted by Gasteiger charge is 2.37. The number of fused-ring (bicyclic) bond motifs is 1. The van der Waals surface area contributed by atoms with Crippen molar-refractivity contribution in [3.05, 3.63) is 48.0 Å². The van der Waals surface area contributed by atoms with Crippen molar-refractivity contribution < 1.29 is 19.1 Å². The van der Waals surface area contributed by atoms with E-state index in [4.69, 9.17) is 10.5 Å². The third kappa shape index (κ3) is 7.90. The smallest absolute Gasteiger partial charge is 0.243 e. The molecular formula is C28H41ClN4O4. The van der Waals surface area contributed by atoms with Gasteiger partial charge in [-0.1, -0.05) is 56.3 Å². The van der Waals surface area contributed by atoms with Crippen LogP contribution in [-0.4, -0.2) is 67.6 Å². The van der Waals surface area contributed by atoms with Crippen LogP contribution >= 0.6 is 12.4 Å². The molecule has 1 aliphatic heterocycles. The molecule has 3 amide bonds. The fourth-order valence-corrected chi connectivity index (χ4v) is 4.85. The molecule has 1 heterocycles. The Bertz CT molecular complexity index is 1040. The first kappa shape index (κ1) is 30.5. The van der Waals surface area contributed by atoms with Crippen molar-refractivity contribution in [3.8, 4) is 0 Å². The number of hydrogen-bond donors (Lipinski definition) is 3. The van der Waals surface area contributed by atoms with Gasteiger partial charge in [-0.15, -0.1) is 12.4 Å². The Morgan fingerprint density at radius 1 is 1.11 bits per heavy atom. The van der Waals surface area contributed by atoms with E-state index in [2.05, 4.69) is 10.6 Å². The van der Waals surface area contributed by atoms with E-state index in [1.165, 1.54) is 0 Å². The predicted molar refractivity (Wildman–Crippen MR) is 148 cm³/mol. The molecule has 0 aliphatic carbocycles. The maximum absolute atomic E-state index is 13.4. The number of nitrogens with one attached hydrogen (secondary N) is 2. The van der Waals surface area contributed by atoms with Gasteiger partial charge in [-0.3, -0.25) is 14.4 Å². The van der Waals surface area contributed by atoms with Crippen LogP contribution in [0.5, 0.6) is 0 Å². The second-order valence-electron chi connectivity index (χ2n) is 9.49. The van der Waals surface area contributed by atoms with Gasteiger partial charge in [-0.25, -0.2) is 0 Å². The highest BCUT2D eigenvalue weighted by molar-refractivity contribution is 5.93. The number of nitrogens with zero attached hydrogens (tertiary/aromatic N) is 1. The molecule has 9 heteroatoms. The zero-order chi connectivity index (χ0) is 26.1. The van der Waals surface area contributed by atoms with Gasteiger partial charge >= 0.3 is 0 Å². The van der Waals surface area contributed by atoms with Crippen LogP contribution < -0.4 is 16.4 Å². The molecule has 1 saturated heterocycles. The monoisotopic (exact) mass is 532 g/mol. The summed E-state index contributed by atoms with van der Waals surface area (Å²) in [5.74, 6) is -0.644. The molecule has 3 rings (SSSR count). The molecule has 0 saturated carbocycles. The summed E-state index contributed by atoms with van der Waals surface area (Å²) in [6, 6.07) is 12.7. The molecule has 4 N–H and O–H groups in total. The van der Waals surface area contributed by atoms with Crippen molar-refractivity contribution in [1.29, 1.82) is 0 Å². The lowest BCUT2D eigenvalue weighted by molar-refractivity contribution is -0.142. The minimum Gasteiger partial charge on any atom is -0.378 e. The lowest BCUT2D eigenvalue weighted by atomic mass is 10.00. The molecule has 0 radical (unpaired) electrons. The first-order valence-corrected chi connectivity index (χ1v) is 13.0. The normalized spacial score (nSPS) is 16.8. The standard InChI is InChI=1S/C28H40N4O4.ClH/c1-4-20(5-2)28(35)32-14-8-11-25(32)27(34)31-24(26(33)30-18-23(17-29)36-3)16-19-12-13-21-9-6-7-10-22(21)15-19;/h6-7,9-10,12-13,15,20,23-25H,4-5,8,11,14,16-18,29H2,1-3H3,(H,30,33)(H,31,34);1H/t23?,24-,25+;/m1./s1. The number of methoxy groups -OCH3 is 1. The molecule has 1 aliphatic rings. The number of carbonyl (C=O) groups is 3. The maximum atomic E-state index is 13.4. The number of nitrogens with two attached hydrogens (primary N) is 1. The fraction of sp³-hybridized carbons (Fsp3) is 0.536. The minimum atomic E-state index is -0.792. The van der Waals surface area contributed by atoms with E-state index in [1.807, 2.05) is 56.3 Å². The van der Waals surface area contributed by atoms with E-state index >= 15 is 0 Å². The Labute approximate surface area is 226 Å². The molecule has 2 aromatic carbocycles. The average molecular weight is 533 g/mol. The van der Waals surface area contributed by atoms with E-state index in [-0.39, 0.29) is 55.2 Å². The van der Waals surface area contributed by atoms with E-state index in [0.717, 1.165) is 35.6 Å². The summed E-state index contributed by atoms with van der Waals surface area (Å²) < 4.78 is 5.27. The lowest BCUT2D eigenvalue weighted by Gasteiger charge is -2.29. The van der Waals surface area contributed by atoms with Crippen molar-refractivity contribution in [2.24, 2.45) is 11.7 Å². The highest BCUT2D eigenvalue weighted by atomic mass is 35.5. The molecule has 37 heavy (non-hydrogen) atoms. The van der Waals surface area contributed by atoms with Gasteiger partial charge in [0.2, 0.25) is 17.7 Å². The molecule has 204 valence electrons. The van der Waals surface area contributed by atoms with Gasteiger partial charge in [0.15, 0.2) is 0 Å². The Morgan fingerprint density at radius 2 is 1.81 bits per heavy atom. The third-order valence-electron chi connectivity index (χ3n) is 7.16. The van der Waals surface area contributed by atoms with Gasteiger partial charge in [0.1, 0.15) is 12.1 Å². The number of benzene rings is 2. The van der Waals surface area contributed by atoms with Crippen molar-refractivity contribution in [2.45, 2.75) is 64.1 Å². The number of carbonyl (C=O) groups excluding carboxylic acids is 3. The molecule has 0 spiro atoms. The summed E-state index contributed by atoms with van der Waals surface area (Å²) in [6.45, 7) is 5.08. The Kier molecular flexibility index (Phi) is 12.3. The lowest BCUT2D eigenvalue weighted by Crippen LogP contribution is -2.55. The van der Waals surface area contributed by atoms with Gasteiger partial charge in [0.05, 0.1) is 6.10 Å². The van der Waals surface area contributed by atoms with Crippen LogP contribution in [-0.2, 0) is 25.5 Å². The minimum absolute atomic E-state index is 0. The number of ether oxygens (including phenoxy) is 1. The zero-order valence-corrected chi connectivity index (χ0v) is 22.9. The molecule has 2 aromatic rings. The maximum Gasteiger partial charge on any atom is 0.243 e. The Hall–Kier alpha value is -2.68. The summed E-state index contributed by atoms with van der Waals surface area (Å²) in [5, 5.41) is 8.01. The molecule has 0 aromatic heterocycles. The largest absolute Gasteiger partial charge is 0.378 e. The van der Waals surface area contributed by atoms with Crippen molar-refractivity contribution in [2.75, 3.05) is 26.7 Å². The number of amides is 3. The van der Waals surface area contributed by atoms with Crippen LogP contribution in [0.25, 0.3) is 10.8 Å². The average Bonchev–Trinajstić information content (AvgIpc) is 3.39. The van der Waals surface area contributed by atoms with Gasteiger partial charge in [-0.05, 0) is 42.0 Å². The van der Waals surface area contributed by atoms with Gasteiger partial charge in [-0.2, -0.15) is 0 Å². The summed E-state index contributed by atoms with van der Waals surface area (Å²) in [7, 11) is 1.55. The van der Waals surface area contributed by atoms with E-state index in [9.17, 15) is 14.4 Å².